The summed E-state index contributed by atoms with van der Waals surface area (Å²) in [6.45, 7) is 0.388. The Morgan fingerprint density at radius 3 is 2.64 bits per heavy atom. The first-order chi connectivity index (χ1) is 6.75. The molecule has 0 radical (unpaired) electrons. The van der Waals surface area contributed by atoms with Gasteiger partial charge in [0.1, 0.15) is 0 Å². The van der Waals surface area contributed by atoms with Crippen molar-refractivity contribution in [1.82, 2.24) is 0 Å². The van der Waals surface area contributed by atoms with E-state index in [1.165, 1.54) is 0 Å². The number of hydrazine groups is 1. The molecule has 0 bridgehead atoms. The molecule has 0 saturated carbocycles. The van der Waals surface area contributed by atoms with Crippen LogP contribution in [-0.2, 0) is 9.53 Å². The molecule has 0 aliphatic rings. The fraction of sp³-hybridized carbons (Fsp3) is 0.300. The highest BCUT2D eigenvalue weighted by molar-refractivity contribution is 5.92. The monoisotopic (exact) mass is 194 g/mol. The number of nitrogens with two attached hydrogens (primary N) is 1. The summed E-state index contributed by atoms with van der Waals surface area (Å²) >= 11 is 0. The number of amides is 1. The molecule has 1 aromatic carbocycles. The van der Waals surface area contributed by atoms with E-state index in [4.69, 9.17) is 10.6 Å². The number of carbonyl (C=O) groups excluding carboxylic acids is 1. The molecule has 14 heavy (non-hydrogen) atoms. The summed E-state index contributed by atoms with van der Waals surface area (Å²) in [6.07, 6.45) is 0.294. The maximum atomic E-state index is 11.4. The van der Waals surface area contributed by atoms with Gasteiger partial charge in [-0.3, -0.25) is 4.79 Å². The van der Waals surface area contributed by atoms with Crippen LogP contribution in [0.4, 0.5) is 5.69 Å². The van der Waals surface area contributed by atoms with Crippen molar-refractivity contribution in [2.24, 2.45) is 5.84 Å². The molecule has 0 aliphatic heterocycles. The van der Waals surface area contributed by atoms with Gasteiger partial charge in [-0.1, -0.05) is 18.2 Å². The number of anilines is 1. The lowest BCUT2D eigenvalue weighted by molar-refractivity contribution is -0.119. The fourth-order valence-corrected chi connectivity index (χ4v) is 1.04. The van der Waals surface area contributed by atoms with Crippen molar-refractivity contribution in [3.8, 4) is 0 Å². The number of nitrogens with zero attached hydrogens (tertiary/aromatic N) is 1. The number of rotatable bonds is 4. The second kappa shape index (κ2) is 5.36. The van der Waals surface area contributed by atoms with Gasteiger partial charge in [0.2, 0.25) is 5.91 Å². The van der Waals surface area contributed by atoms with E-state index < -0.39 is 0 Å². The van der Waals surface area contributed by atoms with Gasteiger partial charge in [0.15, 0.2) is 0 Å². The van der Waals surface area contributed by atoms with E-state index in [0.29, 0.717) is 18.7 Å². The van der Waals surface area contributed by atoms with Crippen LogP contribution in [0.1, 0.15) is 6.42 Å². The van der Waals surface area contributed by atoms with Crippen LogP contribution in [0.2, 0.25) is 0 Å². The summed E-state index contributed by atoms with van der Waals surface area (Å²) in [7, 11) is 1.55. The molecule has 1 amide bonds. The first-order valence-electron chi connectivity index (χ1n) is 4.37. The summed E-state index contributed by atoms with van der Waals surface area (Å²) in [5.41, 5.74) is 0.689. The van der Waals surface area contributed by atoms with Gasteiger partial charge >= 0.3 is 0 Å². The van der Waals surface area contributed by atoms with Gasteiger partial charge in [-0.15, -0.1) is 0 Å². The zero-order valence-electron chi connectivity index (χ0n) is 8.14. The van der Waals surface area contributed by atoms with Crippen molar-refractivity contribution in [3.63, 3.8) is 0 Å². The largest absolute Gasteiger partial charge is 0.384 e. The third kappa shape index (κ3) is 2.83. The lowest BCUT2D eigenvalue weighted by Gasteiger charge is -2.15. The molecule has 0 aliphatic carbocycles. The number of hydrogen-bond acceptors (Lipinski definition) is 3. The van der Waals surface area contributed by atoms with Crippen LogP contribution in [0, 0.1) is 0 Å². The van der Waals surface area contributed by atoms with Crippen molar-refractivity contribution < 1.29 is 9.53 Å². The third-order valence-electron chi connectivity index (χ3n) is 1.82. The summed E-state index contributed by atoms with van der Waals surface area (Å²) in [6, 6.07) is 9.10. The minimum Gasteiger partial charge on any atom is -0.384 e. The minimum atomic E-state index is -0.155. The zero-order chi connectivity index (χ0) is 10.4. The molecule has 4 nitrogen and oxygen atoms in total. The normalized spacial score (nSPS) is 9.86. The van der Waals surface area contributed by atoms with E-state index in [0.717, 1.165) is 5.01 Å². The number of hydrogen-bond donors (Lipinski definition) is 1. The van der Waals surface area contributed by atoms with Crippen molar-refractivity contribution in [2.75, 3.05) is 18.7 Å². The zero-order valence-corrected chi connectivity index (χ0v) is 8.14. The highest BCUT2D eigenvalue weighted by Gasteiger charge is 2.09. The van der Waals surface area contributed by atoms with E-state index in [-0.39, 0.29) is 5.91 Å². The van der Waals surface area contributed by atoms with Crippen molar-refractivity contribution in [3.05, 3.63) is 30.3 Å². The predicted octanol–water partition coefficient (Wildman–Crippen LogP) is 0.930. The highest BCUT2D eigenvalue weighted by atomic mass is 16.5. The average molecular weight is 194 g/mol. The van der Waals surface area contributed by atoms with Gasteiger partial charge < -0.3 is 4.74 Å². The van der Waals surface area contributed by atoms with Gasteiger partial charge in [-0.2, -0.15) is 0 Å². The van der Waals surface area contributed by atoms with Crippen LogP contribution in [0.25, 0.3) is 0 Å². The molecular weight excluding hydrogens is 180 g/mol. The Morgan fingerprint density at radius 1 is 1.43 bits per heavy atom. The molecule has 0 saturated heterocycles. The predicted molar refractivity (Wildman–Crippen MR) is 54.6 cm³/mol. The molecule has 1 rings (SSSR count). The molecule has 2 N–H and O–H groups in total. The second-order valence-corrected chi connectivity index (χ2v) is 2.84. The van der Waals surface area contributed by atoms with Crippen LogP contribution < -0.4 is 10.9 Å². The first kappa shape index (κ1) is 10.7. The smallest absolute Gasteiger partial charge is 0.243 e. The number of methoxy groups -OCH3 is 1. The van der Waals surface area contributed by atoms with Crippen LogP contribution >= 0.6 is 0 Å². The lowest BCUT2D eigenvalue weighted by atomic mass is 10.3. The topological polar surface area (TPSA) is 55.6 Å². The first-order valence-corrected chi connectivity index (χ1v) is 4.37. The van der Waals surface area contributed by atoms with Crippen LogP contribution in [0.5, 0.6) is 0 Å². The minimum absolute atomic E-state index is 0.155. The van der Waals surface area contributed by atoms with Crippen molar-refractivity contribution in [2.45, 2.75) is 6.42 Å². The maximum absolute atomic E-state index is 11.4. The second-order valence-electron chi connectivity index (χ2n) is 2.84. The number of benzene rings is 1. The van der Waals surface area contributed by atoms with Crippen molar-refractivity contribution in [1.29, 1.82) is 0 Å². The molecule has 0 heterocycles. The molecule has 0 unspecified atom stereocenters. The summed E-state index contributed by atoms with van der Waals surface area (Å²) in [5.74, 6) is 5.45. The number of ether oxygens (including phenoxy) is 1. The van der Waals surface area contributed by atoms with Gasteiger partial charge in [-0.25, -0.2) is 10.9 Å². The number of para-hydroxylation sites is 1. The van der Waals surface area contributed by atoms with E-state index in [9.17, 15) is 4.79 Å². The maximum Gasteiger partial charge on any atom is 0.243 e. The Hall–Kier alpha value is -1.39. The fourth-order valence-electron chi connectivity index (χ4n) is 1.04. The Kier molecular flexibility index (Phi) is 4.10. The highest BCUT2D eigenvalue weighted by Crippen LogP contribution is 2.09. The SMILES string of the molecule is COCCC(=O)N(N)c1ccccc1. The van der Waals surface area contributed by atoms with Crippen LogP contribution in [0.15, 0.2) is 30.3 Å². The number of carbonyl (C=O) groups is 1. The quantitative estimate of drug-likeness (QED) is 0.440. The Balaban J connectivity index is 2.57. The summed E-state index contributed by atoms with van der Waals surface area (Å²) < 4.78 is 4.80. The lowest BCUT2D eigenvalue weighted by Crippen LogP contribution is -2.37. The van der Waals surface area contributed by atoms with E-state index in [2.05, 4.69) is 0 Å². The van der Waals surface area contributed by atoms with Gasteiger partial charge in [0, 0.05) is 7.11 Å². The molecule has 0 atom stereocenters. The Morgan fingerprint density at radius 2 is 2.07 bits per heavy atom. The molecule has 4 heteroatoms. The Labute approximate surface area is 83.2 Å². The molecule has 0 fully saturated rings. The van der Waals surface area contributed by atoms with Gasteiger partial charge in [0.25, 0.3) is 0 Å². The van der Waals surface area contributed by atoms with Crippen LogP contribution in [-0.4, -0.2) is 19.6 Å². The van der Waals surface area contributed by atoms with E-state index >= 15 is 0 Å². The molecule has 0 spiro atoms. The average Bonchev–Trinajstić information content (AvgIpc) is 2.26. The van der Waals surface area contributed by atoms with Gasteiger partial charge in [-0.05, 0) is 12.1 Å². The third-order valence-corrected chi connectivity index (χ3v) is 1.82. The van der Waals surface area contributed by atoms with E-state index in [1.807, 2.05) is 18.2 Å². The van der Waals surface area contributed by atoms with Gasteiger partial charge in [0.05, 0.1) is 18.7 Å². The molecule has 76 valence electrons. The van der Waals surface area contributed by atoms with Crippen molar-refractivity contribution >= 4 is 11.6 Å². The summed E-state index contributed by atoms with van der Waals surface area (Å²) in [4.78, 5) is 11.4. The molecule has 0 aromatic heterocycles. The molecular formula is C10H14N2O2. The summed E-state index contributed by atoms with van der Waals surface area (Å²) in [5, 5.41) is 1.14. The van der Waals surface area contributed by atoms with Crippen LogP contribution in [0.3, 0.4) is 0 Å². The molecule has 1 aromatic rings. The van der Waals surface area contributed by atoms with E-state index in [1.54, 1.807) is 19.2 Å². The Bertz CT molecular complexity index is 287. The standard InChI is InChI=1S/C10H14N2O2/c1-14-8-7-10(13)12(11)9-5-3-2-4-6-9/h2-6H,7-8,11H2,1H3.